The number of aldehydes is 1. The fourth-order valence-corrected chi connectivity index (χ4v) is 5.03. The number of fused-ring (bicyclic) bond motifs is 6. The van der Waals surface area contributed by atoms with E-state index in [4.69, 9.17) is 4.74 Å². The first-order chi connectivity index (χ1) is 14.2. The maximum Gasteiger partial charge on any atom is 0.419 e. The van der Waals surface area contributed by atoms with Crippen molar-refractivity contribution in [2.75, 3.05) is 6.54 Å². The number of aromatic nitrogens is 1. The third-order valence-corrected chi connectivity index (χ3v) is 6.82. The largest absolute Gasteiger partial charge is 0.443 e. The lowest BCUT2D eigenvalue weighted by atomic mass is 9.82. The average Bonchev–Trinajstić information content (AvgIpc) is 3.01. The van der Waals surface area contributed by atoms with Crippen LogP contribution < -0.4 is 0 Å². The molecule has 0 saturated carbocycles. The molecule has 4 rings (SSSR count). The van der Waals surface area contributed by atoms with Gasteiger partial charge in [-0.1, -0.05) is 30.4 Å². The fourth-order valence-electron chi connectivity index (χ4n) is 4.63. The third-order valence-electron chi connectivity index (χ3n) is 5.85. The van der Waals surface area contributed by atoms with Gasteiger partial charge in [0.25, 0.3) is 0 Å². The molecule has 6 heteroatoms. The highest BCUT2D eigenvalue weighted by molar-refractivity contribution is 14.1. The van der Waals surface area contributed by atoms with Gasteiger partial charge in [-0.3, -0.25) is 9.69 Å². The molecule has 2 aliphatic heterocycles. The number of para-hydroxylation sites is 1. The van der Waals surface area contributed by atoms with Crippen molar-refractivity contribution in [3.8, 4) is 0 Å². The van der Waals surface area contributed by atoms with E-state index in [1.165, 1.54) is 3.58 Å². The third kappa shape index (κ3) is 3.64. The smallest absolute Gasteiger partial charge is 0.419 e. The molecule has 0 aliphatic carbocycles. The topological polar surface area (TPSA) is 51.5 Å². The molecular weight excluding hydrogens is 491 g/mol. The minimum Gasteiger partial charge on any atom is -0.443 e. The van der Waals surface area contributed by atoms with E-state index in [0.29, 0.717) is 12.8 Å². The van der Waals surface area contributed by atoms with Crippen LogP contribution in [0.4, 0.5) is 4.79 Å². The lowest BCUT2D eigenvalue weighted by molar-refractivity contribution is -0.105. The Bertz CT molecular complexity index is 1070. The number of benzene rings is 1. The van der Waals surface area contributed by atoms with Gasteiger partial charge in [0.05, 0.1) is 17.3 Å². The first-order valence-electron chi connectivity index (χ1n) is 10.3. The van der Waals surface area contributed by atoms with Gasteiger partial charge in [0, 0.05) is 27.1 Å². The van der Waals surface area contributed by atoms with Crippen LogP contribution in [-0.4, -0.2) is 40.0 Å². The predicted molar refractivity (Wildman–Crippen MR) is 127 cm³/mol. The Labute approximate surface area is 190 Å². The maximum atomic E-state index is 13.3. The SMILES string of the molecule is C/C=C(\I)CN1[C@H]2Cc3c(n(C(=O)OC(C)(C)C)c4ccccc34)[C@@H]1CC=C2C=O. The summed E-state index contributed by atoms with van der Waals surface area (Å²) in [6, 6.07) is 8.05. The van der Waals surface area contributed by atoms with Crippen LogP contribution >= 0.6 is 22.6 Å². The van der Waals surface area contributed by atoms with E-state index in [0.717, 1.165) is 40.6 Å². The monoisotopic (exact) mass is 518 g/mol. The second-order valence-electron chi connectivity index (χ2n) is 8.90. The average molecular weight is 518 g/mol. The molecule has 1 aromatic carbocycles. The van der Waals surface area contributed by atoms with Crippen LogP contribution in [0.3, 0.4) is 0 Å². The lowest BCUT2D eigenvalue weighted by Gasteiger charge is -2.45. The molecule has 3 heterocycles. The molecule has 0 unspecified atom stereocenters. The highest BCUT2D eigenvalue weighted by Gasteiger charge is 2.43. The minimum absolute atomic E-state index is 0.0204. The second-order valence-corrected chi connectivity index (χ2v) is 10.3. The zero-order valence-corrected chi connectivity index (χ0v) is 20.0. The first-order valence-corrected chi connectivity index (χ1v) is 11.4. The first kappa shape index (κ1) is 21.3. The molecule has 2 aliphatic rings. The van der Waals surface area contributed by atoms with Gasteiger partial charge in [-0.25, -0.2) is 9.36 Å². The Kier molecular flexibility index (Phi) is 5.66. The number of halogens is 1. The number of carbonyl (C=O) groups excluding carboxylic acids is 2. The zero-order valence-electron chi connectivity index (χ0n) is 17.8. The van der Waals surface area contributed by atoms with Crippen molar-refractivity contribution >= 4 is 45.9 Å². The number of nitrogens with zero attached hydrogens (tertiary/aromatic N) is 2. The highest BCUT2D eigenvalue weighted by Crippen LogP contribution is 2.45. The van der Waals surface area contributed by atoms with Gasteiger partial charge >= 0.3 is 6.09 Å². The summed E-state index contributed by atoms with van der Waals surface area (Å²) < 4.78 is 8.79. The van der Waals surface area contributed by atoms with E-state index >= 15 is 0 Å². The van der Waals surface area contributed by atoms with E-state index in [1.54, 1.807) is 4.57 Å². The van der Waals surface area contributed by atoms with Gasteiger partial charge in [-0.05, 0) is 74.8 Å². The molecule has 2 aromatic rings. The summed E-state index contributed by atoms with van der Waals surface area (Å²) in [5.41, 5.74) is 3.29. The summed E-state index contributed by atoms with van der Waals surface area (Å²) in [5.74, 6) is 0. The summed E-state index contributed by atoms with van der Waals surface area (Å²) in [6.45, 7) is 8.45. The molecule has 0 N–H and O–H groups in total. The van der Waals surface area contributed by atoms with E-state index < -0.39 is 5.60 Å². The Balaban J connectivity index is 1.92. The second kappa shape index (κ2) is 7.96. The summed E-state index contributed by atoms with van der Waals surface area (Å²) in [7, 11) is 0. The maximum absolute atomic E-state index is 13.3. The molecule has 5 nitrogen and oxygen atoms in total. The summed E-state index contributed by atoms with van der Waals surface area (Å²) in [6.07, 6.45) is 6.20. The molecule has 0 saturated heterocycles. The van der Waals surface area contributed by atoms with Crippen molar-refractivity contribution in [2.45, 2.75) is 58.2 Å². The van der Waals surface area contributed by atoms with Crippen LogP contribution in [0.15, 0.2) is 45.6 Å². The van der Waals surface area contributed by atoms with Crippen molar-refractivity contribution in [1.82, 2.24) is 9.47 Å². The molecule has 2 bridgehead atoms. The van der Waals surface area contributed by atoms with Gasteiger partial charge in [-0.15, -0.1) is 0 Å². The normalized spacial score (nSPS) is 21.9. The van der Waals surface area contributed by atoms with Gasteiger partial charge in [0.15, 0.2) is 0 Å². The minimum atomic E-state index is -0.580. The number of ether oxygens (including phenoxy) is 1. The van der Waals surface area contributed by atoms with Crippen molar-refractivity contribution in [3.05, 3.63) is 56.8 Å². The molecule has 2 atom stereocenters. The van der Waals surface area contributed by atoms with Gasteiger partial charge in [0.2, 0.25) is 0 Å². The molecule has 1 aromatic heterocycles. The van der Waals surface area contributed by atoms with E-state index in [1.807, 2.05) is 52.0 Å². The molecule has 0 radical (unpaired) electrons. The molecule has 0 spiro atoms. The van der Waals surface area contributed by atoms with Crippen molar-refractivity contribution < 1.29 is 14.3 Å². The quantitative estimate of drug-likeness (QED) is 0.395. The van der Waals surface area contributed by atoms with Crippen LogP contribution in [0.5, 0.6) is 0 Å². The number of hydrogen-bond donors (Lipinski definition) is 0. The van der Waals surface area contributed by atoms with E-state index in [2.05, 4.69) is 39.6 Å². The summed E-state index contributed by atoms with van der Waals surface area (Å²) >= 11 is 2.35. The van der Waals surface area contributed by atoms with Crippen molar-refractivity contribution in [3.63, 3.8) is 0 Å². The Morgan fingerprint density at radius 3 is 2.67 bits per heavy atom. The molecule has 0 amide bonds. The molecular formula is C24H27IN2O3. The standard InChI is InChI=1S/C24H27IN2O3/c1-5-16(25)13-26-20-11-10-15(14-28)21(26)12-18-17-8-6-7-9-19(17)27(22(18)20)23(29)30-24(2,3)4/h5-10,14,20-21H,11-13H2,1-4H3/b16-5-/t20-,21-/m0/s1. The molecule has 158 valence electrons. The highest BCUT2D eigenvalue weighted by atomic mass is 127. The summed E-state index contributed by atoms with van der Waals surface area (Å²) in [4.78, 5) is 27.5. The van der Waals surface area contributed by atoms with Crippen molar-refractivity contribution in [2.24, 2.45) is 0 Å². The number of hydrogen-bond acceptors (Lipinski definition) is 4. The van der Waals surface area contributed by atoms with Gasteiger partial charge < -0.3 is 4.74 Å². The van der Waals surface area contributed by atoms with Crippen molar-refractivity contribution in [1.29, 1.82) is 0 Å². The Morgan fingerprint density at radius 2 is 2.00 bits per heavy atom. The van der Waals surface area contributed by atoms with Gasteiger partial charge in [0.1, 0.15) is 11.9 Å². The number of carbonyl (C=O) groups is 2. The summed E-state index contributed by atoms with van der Waals surface area (Å²) in [5, 5.41) is 1.07. The van der Waals surface area contributed by atoms with Crippen LogP contribution in [0, 0.1) is 0 Å². The number of rotatable bonds is 3. The Hall–Kier alpha value is -1.93. The van der Waals surface area contributed by atoms with E-state index in [9.17, 15) is 9.59 Å². The fraction of sp³-hybridized carbons (Fsp3) is 0.417. The molecule has 30 heavy (non-hydrogen) atoms. The van der Waals surface area contributed by atoms with Crippen LogP contribution in [0.1, 0.15) is 51.4 Å². The van der Waals surface area contributed by atoms with E-state index in [-0.39, 0.29) is 18.2 Å². The van der Waals surface area contributed by atoms with Crippen LogP contribution in [0.25, 0.3) is 10.9 Å². The zero-order chi connectivity index (χ0) is 21.6. The lowest BCUT2D eigenvalue weighted by Crippen LogP contribution is -2.48. The Morgan fingerprint density at radius 1 is 1.27 bits per heavy atom. The number of allylic oxidation sites excluding steroid dienone is 1. The van der Waals surface area contributed by atoms with Gasteiger partial charge in [-0.2, -0.15) is 0 Å². The van der Waals surface area contributed by atoms with Crippen LogP contribution in [-0.2, 0) is 16.0 Å². The molecule has 0 fully saturated rings. The predicted octanol–water partition coefficient (Wildman–Crippen LogP) is 5.56. The van der Waals surface area contributed by atoms with Crippen LogP contribution in [0.2, 0.25) is 0 Å².